The second-order valence-electron chi connectivity index (χ2n) is 6.11. The van der Waals surface area contributed by atoms with Crippen LogP contribution in [-0.4, -0.2) is 24.8 Å². The molecule has 0 unspecified atom stereocenters. The Morgan fingerprint density at radius 3 is 2.50 bits per heavy atom. The molecule has 0 fully saturated rings. The molecule has 0 amide bonds. The van der Waals surface area contributed by atoms with Crippen LogP contribution in [0.2, 0.25) is 0 Å². The van der Waals surface area contributed by atoms with Crippen molar-refractivity contribution in [3.05, 3.63) is 30.0 Å². The normalized spacial score (nSPS) is 11.7. The van der Waals surface area contributed by atoms with Crippen LogP contribution in [0, 0.1) is 5.41 Å². The molecule has 1 aromatic carbocycles. The minimum absolute atomic E-state index is 0.124. The van der Waals surface area contributed by atoms with E-state index in [2.05, 4.69) is 25.3 Å². The average molecular weight is 275 g/mol. The van der Waals surface area contributed by atoms with Crippen LogP contribution in [0.1, 0.15) is 31.1 Å². The summed E-state index contributed by atoms with van der Waals surface area (Å²) in [6.45, 7) is 7.33. The molecule has 4 heteroatoms. The summed E-state index contributed by atoms with van der Waals surface area (Å²) in [4.78, 5) is 11.9. The summed E-state index contributed by atoms with van der Waals surface area (Å²) in [5, 5.41) is 0.862. The maximum atomic E-state index is 11.9. The van der Waals surface area contributed by atoms with Crippen molar-refractivity contribution >= 4 is 16.9 Å². The van der Waals surface area contributed by atoms with Crippen LogP contribution in [0.3, 0.4) is 0 Å². The van der Waals surface area contributed by atoms with E-state index in [1.165, 1.54) is 7.11 Å². The fraction of sp³-hybridized carbons (Fsp3) is 0.438. The number of fused-ring (bicyclic) bond motifs is 1. The second kappa shape index (κ2) is 5.19. The lowest BCUT2D eigenvalue weighted by Gasteiger charge is -2.19. The molecule has 108 valence electrons. The molecule has 4 nitrogen and oxygen atoms in total. The van der Waals surface area contributed by atoms with Crippen molar-refractivity contribution in [2.45, 2.75) is 27.3 Å². The summed E-state index contributed by atoms with van der Waals surface area (Å²) in [5.41, 5.74) is 1.71. The molecule has 0 aliphatic rings. The van der Waals surface area contributed by atoms with Gasteiger partial charge in [-0.3, -0.25) is 0 Å². The number of hydrogen-bond acceptors (Lipinski definition) is 3. The molecule has 0 saturated heterocycles. The van der Waals surface area contributed by atoms with Gasteiger partial charge in [-0.2, -0.15) is 0 Å². The van der Waals surface area contributed by atoms with Crippen molar-refractivity contribution in [3.63, 3.8) is 0 Å². The predicted octanol–water partition coefficient (Wildman–Crippen LogP) is 3.48. The standard InChI is InChI=1S/C16H21NO3/c1-16(2,3)10-17-9-13(15(18)20-5)12-8-11(19-4)6-7-14(12)17/h6-9H,10H2,1-5H3. The zero-order valence-electron chi connectivity index (χ0n) is 12.7. The van der Waals surface area contributed by atoms with Gasteiger partial charge in [0.15, 0.2) is 0 Å². The zero-order chi connectivity index (χ0) is 14.9. The van der Waals surface area contributed by atoms with Crippen LogP contribution in [-0.2, 0) is 11.3 Å². The molecule has 0 aliphatic carbocycles. The number of aromatic nitrogens is 1. The molecule has 0 spiro atoms. The monoisotopic (exact) mass is 275 g/mol. The molecule has 0 atom stereocenters. The Morgan fingerprint density at radius 2 is 1.95 bits per heavy atom. The number of rotatable bonds is 3. The van der Waals surface area contributed by atoms with Crippen molar-refractivity contribution in [3.8, 4) is 5.75 Å². The summed E-state index contributed by atoms with van der Waals surface area (Å²) in [6.07, 6.45) is 1.86. The average Bonchev–Trinajstić information content (AvgIpc) is 2.74. The Kier molecular flexibility index (Phi) is 3.75. The number of hydrogen-bond donors (Lipinski definition) is 0. The van der Waals surface area contributed by atoms with E-state index in [9.17, 15) is 4.79 Å². The first-order valence-corrected chi connectivity index (χ1v) is 6.61. The van der Waals surface area contributed by atoms with Gasteiger partial charge in [0, 0.05) is 23.6 Å². The van der Waals surface area contributed by atoms with Crippen molar-refractivity contribution in [2.24, 2.45) is 5.41 Å². The fourth-order valence-electron chi connectivity index (χ4n) is 2.32. The molecular weight excluding hydrogens is 254 g/mol. The Labute approximate surface area is 119 Å². The van der Waals surface area contributed by atoms with Crippen LogP contribution >= 0.6 is 0 Å². The highest BCUT2D eigenvalue weighted by atomic mass is 16.5. The second-order valence-corrected chi connectivity index (χ2v) is 6.11. The third kappa shape index (κ3) is 2.79. The van der Waals surface area contributed by atoms with Gasteiger partial charge in [0.2, 0.25) is 0 Å². The number of esters is 1. The SMILES string of the molecule is COC(=O)c1cn(CC(C)(C)C)c2ccc(OC)cc12. The number of benzene rings is 1. The molecule has 1 aromatic heterocycles. The van der Waals surface area contributed by atoms with Crippen LogP contribution in [0.15, 0.2) is 24.4 Å². The quantitative estimate of drug-likeness (QED) is 0.805. The van der Waals surface area contributed by atoms with Gasteiger partial charge in [-0.15, -0.1) is 0 Å². The van der Waals surface area contributed by atoms with Crippen molar-refractivity contribution in [2.75, 3.05) is 14.2 Å². The highest BCUT2D eigenvalue weighted by Gasteiger charge is 2.19. The summed E-state index contributed by atoms with van der Waals surface area (Å²) in [7, 11) is 3.01. The third-order valence-electron chi connectivity index (χ3n) is 3.14. The molecule has 2 rings (SSSR count). The van der Waals surface area contributed by atoms with Gasteiger partial charge in [0.1, 0.15) is 5.75 Å². The minimum atomic E-state index is -0.323. The van der Waals surface area contributed by atoms with Crippen LogP contribution in [0.4, 0.5) is 0 Å². The Bertz CT molecular complexity index is 635. The molecule has 0 radical (unpaired) electrons. The fourth-order valence-corrected chi connectivity index (χ4v) is 2.32. The van der Waals surface area contributed by atoms with E-state index in [0.717, 1.165) is 23.2 Å². The lowest BCUT2D eigenvalue weighted by atomic mass is 9.97. The van der Waals surface area contributed by atoms with Gasteiger partial charge in [0.25, 0.3) is 0 Å². The van der Waals surface area contributed by atoms with E-state index >= 15 is 0 Å². The molecule has 0 bridgehead atoms. The molecule has 20 heavy (non-hydrogen) atoms. The lowest BCUT2D eigenvalue weighted by Crippen LogP contribution is -2.14. The maximum absolute atomic E-state index is 11.9. The Morgan fingerprint density at radius 1 is 1.25 bits per heavy atom. The maximum Gasteiger partial charge on any atom is 0.340 e. The van der Waals surface area contributed by atoms with Gasteiger partial charge < -0.3 is 14.0 Å². The van der Waals surface area contributed by atoms with Crippen molar-refractivity contribution < 1.29 is 14.3 Å². The van der Waals surface area contributed by atoms with E-state index in [1.807, 2.05) is 24.4 Å². The smallest absolute Gasteiger partial charge is 0.340 e. The molecule has 0 saturated carbocycles. The van der Waals surface area contributed by atoms with Crippen LogP contribution in [0.5, 0.6) is 5.75 Å². The number of methoxy groups -OCH3 is 2. The van der Waals surface area contributed by atoms with Gasteiger partial charge in [-0.25, -0.2) is 4.79 Å². The summed E-state index contributed by atoms with van der Waals surface area (Å²) in [6, 6.07) is 5.76. The van der Waals surface area contributed by atoms with Gasteiger partial charge in [0.05, 0.1) is 19.8 Å². The van der Waals surface area contributed by atoms with Crippen molar-refractivity contribution in [1.29, 1.82) is 0 Å². The van der Waals surface area contributed by atoms with E-state index in [4.69, 9.17) is 9.47 Å². The first kappa shape index (κ1) is 14.4. The third-order valence-corrected chi connectivity index (χ3v) is 3.14. The summed E-state index contributed by atoms with van der Waals surface area (Å²) in [5.74, 6) is 0.409. The van der Waals surface area contributed by atoms with Crippen LogP contribution in [0.25, 0.3) is 10.9 Å². The Balaban J connectivity index is 2.62. The molecule has 2 aromatic rings. The number of carbonyl (C=O) groups is 1. The lowest BCUT2D eigenvalue weighted by molar-refractivity contribution is 0.0602. The highest BCUT2D eigenvalue weighted by molar-refractivity contribution is 6.04. The van der Waals surface area contributed by atoms with E-state index in [-0.39, 0.29) is 11.4 Å². The van der Waals surface area contributed by atoms with E-state index in [0.29, 0.717) is 5.56 Å². The van der Waals surface area contributed by atoms with E-state index in [1.54, 1.807) is 7.11 Å². The molecule has 0 N–H and O–H groups in total. The number of nitrogens with zero attached hydrogens (tertiary/aromatic N) is 1. The topological polar surface area (TPSA) is 40.5 Å². The van der Waals surface area contributed by atoms with Crippen molar-refractivity contribution in [1.82, 2.24) is 4.57 Å². The molecule has 1 heterocycles. The number of carbonyl (C=O) groups excluding carboxylic acids is 1. The molecule has 0 aliphatic heterocycles. The first-order chi connectivity index (χ1) is 9.35. The minimum Gasteiger partial charge on any atom is -0.497 e. The van der Waals surface area contributed by atoms with Gasteiger partial charge in [-0.1, -0.05) is 20.8 Å². The van der Waals surface area contributed by atoms with E-state index < -0.39 is 0 Å². The van der Waals surface area contributed by atoms with Crippen LogP contribution < -0.4 is 4.74 Å². The predicted molar refractivity (Wildman–Crippen MR) is 79.3 cm³/mol. The van der Waals surface area contributed by atoms with Gasteiger partial charge >= 0.3 is 5.97 Å². The largest absolute Gasteiger partial charge is 0.497 e. The highest BCUT2D eigenvalue weighted by Crippen LogP contribution is 2.29. The number of ether oxygens (including phenoxy) is 2. The summed E-state index contributed by atoms with van der Waals surface area (Å²) >= 11 is 0. The van der Waals surface area contributed by atoms with Gasteiger partial charge in [-0.05, 0) is 23.6 Å². The Hall–Kier alpha value is -1.97. The summed E-state index contributed by atoms with van der Waals surface area (Å²) < 4.78 is 12.2. The molecular formula is C16H21NO3. The first-order valence-electron chi connectivity index (χ1n) is 6.61. The zero-order valence-corrected chi connectivity index (χ0v) is 12.7.